The lowest BCUT2D eigenvalue weighted by Crippen LogP contribution is -2.02. The predicted octanol–water partition coefficient (Wildman–Crippen LogP) is 4.09. The fourth-order valence-electron chi connectivity index (χ4n) is 1.31. The number of carbonyl (C=O) groups excluding carboxylic acids is 1. The highest BCUT2D eigenvalue weighted by atomic mass is 79.9. The Balaban J connectivity index is 2.18. The van der Waals surface area contributed by atoms with E-state index < -0.39 is 0 Å². The predicted molar refractivity (Wildman–Crippen MR) is 72.0 cm³/mol. The van der Waals surface area contributed by atoms with Crippen LogP contribution in [0.15, 0.2) is 38.2 Å². The molecule has 16 heavy (non-hydrogen) atoms. The summed E-state index contributed by atoms with van der Waals surface area (Å²) in [5, 5.41) is 0. The average Bonchev–Trinajstić information content (AvgIpc) is 2.59. The second kappa shape index (κ2) is 5.21. The van der Waals surface area contributed by atoms with Gasteiger partial charge in [-0.15, -0.1) is 11.3 Å². The summed E-state index contributed by atoms with van der Waals surface area (Å²) in [7, 11) is 0. The molecule has 2 nitrogen and oxygen atoms in total. The number of hydrogen-bond donors (Lipinski definition) is 0. The molecule has 0 aliphatic heterocycles. The van der Waals surface area contributed by atoms with Gasteiger partial charge in [-0.2, -0.15) is 0 Å². The Kier molecular flexibility index (Phi) is 3.89. The van der Waals surface area contributed by atoms with E-state index in [-0.39, 0.29) is 5.78 Å². The molecule has 2 rings (SSSR count). The smallest absolute Gasteiger partial charge is 0.169 e. The summed E-state index contributed by atoms with van der Waals surface area (Å²) in [6.45, 7) is 0. The van der Waals surface area contributed by atoms with Gasteiger partial charge in [0.25, 0.3) is 0 Å². The zero-order valence-electron chi connectivity index (χ0n) is 8.11. The van der Waals surface area contributed by atoms with Crippen LogP contribution in [0.25, 0.3) is 0 Å². The second-order valence-electron chi connectivity index (χ2n) is 3.19. The van der Waals surface area contributed by atoms with Gasteiger partial charge in [0.15, 0.2) is 5.78 Å². The summed E-state index contributed by atoms with van der Waals surface area (Å²) in [5.41, 5.74) is 1.71. The number of pyridine rings is 1. The van der Waals surface area contributed by atoms with Crippen LogP contribution in [0.2, 0.25) is 0 Å². The van der Waals surface area contributed by atoms with Crippen molar-refractivity contribution >= 4 is 49.0 Å². The summed E-state index contributed by atoms with van der Waals surface area (Å²) < 4.78 is 1.83. The van der Waals surface area contributed by atoms with Crippen molar-refractivity contribution in [3.63, 3.8) is 0 Å². The number of Topliss-reactive ketones (excluding diaryl/α,β-unsaturated/α-hetero) is 1. The van der Waals surface area contributed by atoms with Gasteiger partial charge in [0.2, 0.25) is 0 Å². The van der Waals surface area contributed by atoms with Gasteiger partial charge >= 0.3 is 0 Å². The minimum atomic E-state index is 0.111. The Morgan fingerprint density at radius 3 is 2.56 bits per heavy atom. The first-order valence-corrected chi connectivity index (χ1v) is 6.94. The van der Waals surface area contributed by atoms with Gasteiger partial charge in [-0.05, 0) is 55.6 Å². The lowest BCUT2D eigenvalue weighted by molar-refractivity contribution is 0.0992. The number of halogens is 2. The van der Waals surface area contributed by atoms with Gasteiger partial charge in [-0.1, -0.05) is 0 Å². The molecule has 0 amide bonds. The van der Waals surface area contributed by atoms with E-state index in [0.29, 0.717) is 6.42 Å². The first-order valence-electron chi connectivity index (χ1n) is 4.54. The molecule has 0 aliphatic carbocycles. The largest absolute Gasteiger partial charge is 0.294 e. The summed E-state index contributed by atoms with van der Waals surface area (Å²) >= 11 is 8.26. The van der Waals surface area contributed by atoms with Crippen molar-refractivity contribution in [3.05, 3.63) is 49.3 Å². The zero-order valence-corrected chi connectivity index (χ0v) is 12.1. The molecule has 2 heterocycles. The van der Waals surface area contributed by atoms with Gasteiger partial charge in [0.05, 0.1) is 7.57 Å². The third-order valence-electron chi connectivity index (χ3n) is 2.07. The molecule has 0 unspecified atom stereocenters. The van der Waals surface area contributed by atoms with Crippen LogP contribution in [0, 0.1) is 0 Å². The van der Waals surface area contributed by atoms with Gasteiger partial charge in [0.1, 0.15) is 0 Å². The van der Waals surface area contributed by atoms with E-state index in [0.717, 1.165) is 18.7 Å². The van der Waals surface area contributed by atoms with E-state index in [2.05, 4.69) is 36.8 Å². The van der Waals surface area contributed by atoms with Crippen LogP contribution in [0.4, 0.5) is 0 Å². The number of ketones is 1. The van der Waals surface area contributed by atoms with Gasteiger partial charge < -0.3 is 0 Å². The third kappa shape index (κ3) is 2.78. The molecule has 0 saturated heterocycles. The topological polar surface area (TPSA) is 30.0 Å². The maximum absolute atomic E-state index is 12.0. The molecule has 0 fully saturated rings. The minimum Gasteiger partial charge on any atom is -0.294 e. The molecule has 5 heteroatoms. The molecule has 0 radical (unpaired) electrons. The fourth-order valence-corrected chi connectivity index (χ4v) is 4.17. The Labute approximate surface area is 114 Å². The van der Waals surface area contributed by atoms with Crippen LogP contribution >= 0.6 is 43.2 Å². The molecule has 0 spiro atoms. The minimum absolute atomic E-state index is 0.111. The highest BCUT2D eigenvalue weighted by Crippen LogP contribution is 2.32. The maximum atomic E-state index is 12.0. The standard InChI is InChI=1S/C11H7Br2NOS/c12-10-6-8(11(13)16-10)9(15)5-7-1-3-14-4-2-7/h1-4,6H,5H2. The quantitative estimate of drug-likeness (QED) is 0.771. The van der Waals surface area contributed by atoms with Gasteiger partial charge in [-0.25, -0.2) is 0 Å². The van der Waals surface area contributed by atoms with Crippen molar-refractivity contribution < 1.29 is 4.79 Å². The monoisotopic (exact) mass is 359 g/mol. The van der Waals surface area contributed by atoms with Gasteiger partial charge in [0, 0.05) is 24.4 Å². The average molecular weight is 361 g/mol. The van der Waals surface area contributed by atoms with Crippen LogP contribution in [-0.2, 0) is 6.42 Å². The molecule has 0 aliphatic rings. The van der Waals surface area contributed by atoms with E-state index >= 15 is 0 Å². The first-order chi connectivity index (χ1) is 7.66. The number of carbonyl (C=O) groups is 1. The Hall–Kier alpha value is -0.520. The number of nitrogens with zero attached hydrogens (tertiary/aromatic N) is 1. The van der Waals surface area contributed by atoms with E-state index in [1.807, 2.05) is 18.2 Å². The SMILES string of the molecule is O=C(Cc1ccncc1)c1cc(Br)sc1Br. The van der Waals surface area contributed by atoms with Crippen molar-refractivity contribution in [2.24, 2.45) is 0 Å². The fraction of sp³-hybridized carbons (Fsp3) is 0.0909. The molecule has 0 N–H and O–H groups in total. The van der Waals surface area contributed by atoms with E-state index in [9.17, 15) is 4.79 Å². The lowest BCUT2D eigenvalue weighted by atomic mass is 10.1. The van der Waals surface area contributed by atoms with E-state index in [1.54, 1.807) is 12.4 Å². The molecule has 2 aromatic heterocycles. The molecule has 0 bridgehead atoms. The summed E-state index contributed by atoms with van der Waals surface area (Å²) in [6.07, 6.45) is 3.80. The van der Waals surface area contributed by atoms with Crippen molar-refractivity contribution in [1.82, 2.24) is 4.98 Å². The number of thiophene rings is 1. The van der Waals surface area contributed by atoms with E-state index in [4.69, 9.17) is 0 Å². The molecule has 0 aromatic carbocycles. The summed E-state index contributed by atoms with van der Waals surface area (Å²) in [4.78, 5) is 15.9. The van der Waals surface area contributed by atoms with Crippen LogP contribution in [0.3, 0.4) is 0 Å². The van der Waals surface area contributed by atoms with Crippen LogP contribution in [-0.4, -0.2) is 10.8 Å². The molecular formula is C11H7Br2NOS. The van der Waals surface area contributed by atoms with E-state index in [1.165, 1.54) is 11.3 Å². The summed E-state index contributed by atoms with van der Waals surface area (Å²) in [6, 6.07) is 5.55. The molecule has 0 saturated carbocycles. The van der Waals surface area contributed by atoms with Gasteiger partial charge in [-0.3, -0.25) is 9.78 Å². The van der Waals surface area contributed by atoms with Crippen molar-refractivity contribution in [1.29, 1.82) is 0 Å². The molecular weight excluding hydrogens is 354 g/mol. The zero-order chi connectivity index (χ0) is 11.5. The maximum Gasteiger partial charge on any atom is 0.169 e. The normalized spacial score (nSPS) is 10.4. The Morgan fingerprint density at radius 2 is 2.00 bits per heavy atom. The van der Waals surface area contributed by atoms with Crippen molar-refractivity contribution in [3.8, 4) is 0 Å². The number of hydrogen-bond acceptors (Lipinski definition) is 3. The lowest BCUT2D eigenvalue weighted by Gasteiger charge is -1.99. The summed E-state index contributed by atoms with van der Waals surface area (Å²) in [5.74, 6) is 0.111. The number of aromatic nitrogens is 1. The Morgan fingerprint density at radius 1 is 1.31 bits per heavy atom. The number of rotatable bonds is 3. The molecule has 2 aromatic rings. The van der Waals surface area contributed by atoms with Crippen molar-refractivity contribution in [2.75, 3.05) is 0 Å². The van der Waals surface area contributed by atoms with Crippen molar-refractivity contribution in [2.45, 2.75) is 6.42 Å². The third-order valence-corrected chi connectivity index (χ3v) is 4.41. The van der Waals surface area contributed by atoms with Crippen LogP contribution < -0.4 is 0 Å². The molecule has 0 atom stereocenters. The van der Waals surface area contributed by atoms with Crippen LogP contribution in [0.1, 0.15) is 15.9 Å². The van der Waals surface area contributed by atoms with Crippen LogP contribution in [0.5, 0.6) is 0 Å². The first kappa shape index (κ1) is 12.0. The highest BCUT2D eigenvalue weighted by Gasteiger charge is 2.13. The highest BCUT2D eigenvalue weighted by molar-refractivity contribution is 9.12. The molecule has 82 valence electrons. The Bertz CT molecular complexity index is 510. The second-order valence-corrected chi connectivity index (χ2v) is 6.94.